The number of nitrogen functional groups attached to an aromatic ring is 1. The number of nitro groups is 1. The molecule has 20 heavy (non-hydrogen) atoms. The summed E-state index contributed by atoms with van der Waals surface area (Å²) in [5, 5.41) is 11.3. The van der Waals surface area contributed by atoms with Crippen LogP contribution in [0.1, 0.15) is 20.3 Å². The van der Waals surface area contributed by atoms with Crippen molar-refractivity contribution >= 4 is 17.1 Å². The van der Waals surface area contributed by atoms with Crippen LogP contribution in [0.5, 0.6) is 0 Å². The summed E-state index contributed by atoms with van der Waals surface area (Å²) in [5.41, 5.74) is 3.23. The number of benzene rings is 1. The molecule has 0 aliphatic rings. The lowest BCUT2D eigenvalue weighted by Crippen LogP contribution is -2.36. The van der Waals surface area contributed by atoms with Gasteiger partial charge >= 0.3 is 5.69 Å². The summed E-state index contributed by atoms with van der Waals surface area (Å²) in [6.07, 6.45) is 0.876. The van der Waals surface area contributed by atoms with Gasteiger partial charge in [0.1, 0.15) is 11.4 Å². The lowest BCUT2D eigenvalue weighted by atomic mass is 10.1. The van der Waals surface area contributed by atoms with Gasteiger partial charge in [0.05, 0.1) is 11.5 Å². The van der Waals surface area contributed by atoms with Crippen LogP contribution in [0.4, 0.5) is 17.1 Å². The zero-order valence-corrected chi connectivity index (χ0v) is 12.1. The Bertz CT molecular complexity index is 453. The van der Waals surface area contributed by atoms with E-state index >= 15 is 0 Å². The molecule has 7 heteroatoms. The van der Waals surface area contributed by atoms with E-state index in [9.17, 15) is 10.1 Å². The Morgan fingerprint density at radius 1 is 1.55 bits per heavy atom. The minimum absolute atomic E-state index is 0.00796. The van der Waals surface area contributed by atoms with Gasteiger partial charge in [0.2, 0.25) is 0 Å². The van der Waals surface area contributed by atoms with E-state index in [0.29, 0.717) is 24.5 Å². The highest BCUT2D eigenvalue weighted by Gasteiger charge is 2.25. The van der Waals surface area contributed by atoms with Crippen molar-refractivity contribution in [3.05, 3.63) is 28.3 Å². The Morgan fingerprint density at radius 2 is 2.25 bits per heavy atom. The maximum absolute atomic E-state index is 11.3. The minimum atomic E-state index is -0.410. The Balaban J connectivity index is 3.27. The van der Waals surface area contributed by atoms with Crippen LogP contribution in [0.15, 0.2) is 18.2 Å². The van der Waals surface area contributed by atoms with Gasteiger partial charge in [-0.1, -0.05) is 13.0 Å². The van der Waals surface area contributed by atoms with Gasteiger partial charge in [-0.3, -0.25) is 16.0 Å². The van der Waals surface area contributed by atoms with Crippen LogP contribution in [0.25, 0.3) is 0 Å². The molecule has 0 amide bonds. The number of hydrogen-bond donors (Lipinski definition) is 2. The second kappa shape index (κ2) is 7.66. The molecule has 0 spiro atoms. The standard InChI is InChI=1S/C13H22N4O3/c1-4-10(2)16(8-9-20-3)12-7-5-6-11(15-14)13(12)17(18)19/h5-7,10,15H,4,8-9,14H2,1-3H3. The fraction of sp³-hybridized carbons (Fsp3) is 0.538. The summed E-state index contributed by atoms with van der Waals surface area (Å²) in [6, 6.07) is 5.24. The van der Waals surface area contributed by atoms with Crippen molar-refractivity contribution < 1.29 is 9.66 Å². The number of hydrazine groups is 1. The van der Waals surface area contributed by atoms with E-state index in [-0.39, 0.29) is 11.7 Å². The van der Waals surface area contributed by atoms with Gasteiger partial charge in [-0.15, -0.1) is 0 Å². The number of ether oxygens (including phenoxy) is 1. The van der Waals surface area contributed by atoms with Crippen LogP contribution in [-0.2, 0) is 4.74 Å². The number of nitro benzene ring substituents is 1. The SMILES string of the molecule is CCC(C)N(CCOC)c1cccc(NN)c1[N+](=O)[O-]. The molecule has 0 aromatic heterocycles. The summed E-state index contributed by atoms with van der Waals surface area (Å²) in [5.74, 6) is 5.37. The van der Waals surface area contributed by atoms with Gasteiger partial charge in [-0.2, -0.15) is 0 Å². The molecule has 1 rings (SSSR count). The molecule has 0 bridgehead atoms. The van der Waals surface area contributed by atoms with E-state index in [0.717, 1.165) is 6.42 Å². The van der Waals surface area contributed by atoms with Crippen LogP contribution < -0.4 is 16.2 Å². The van der Waals surface area contributed by atoms with Gasteiger partial charge in [0.25, 0.3) is 0 Å². The smallest absolute Gasteiger partial charge is 0.316 e. The van der Waals surface area contributed by atoms with Crippen molar-refractivity contribution in [1.82, 2.24) is 0 Å². The quantitative estimate of drug-likeness (QED) is 0.431. The fourth-order valence-electron chi connectivity index (χ4n) is 2.06. The van der Waals surface area contributed by atoms with Crippen LogP contribution in [0.2, 0.25) is 0 Å². The summed E-state index contributed by atoms with van der Waals surface area (Å²) in [6.45, 7) is 5.16. The molecule has 0 saturated carbocycles. The van der Waals surface area contributed by atoms with E-state index < -0.39 is 4.92 Å². The van der Waals surface area contributed by atoms with Gasteiger partial charge in [0.15, 0.2) is 0 Å². The summed E-state index contributed by atoms with van der Waals surface area (Å²) < 4.78 is 5.09. The molecule has 1 aromatic rings. The third-order valence-corrected chi connectivity index (χ3v) is 3.32. The summed E-state index contributed by atoms with van der Waals surface area (Å²) in [4.78, 5) is 12.9. The number of nitrogens with two attached hydrogens (primary N) is 1. The first-order valence-electron chi connectivity index (χ1n) is 6.56. The van der Waals surface area contributed by atoms with Gasteiger partial charge < -0.3 is 15.1 Å². The molecule has 0 heterocycles. The highest BCUT2D eigenvalue weighted by molar-refractivity contribution is 5.77. The van der Waals surface area contributed by atoms with Crippen molar-refractivity contribution in [2.45, 2.75) is 26.3 Å². The number of para-hydroxylation sites is 1. The van der Waals surface area contributed by atoms with E-state index in [1.165, 1.54) is 0 Å². The molecule has 3 N–H and O–H groups in total. The largest absolute Gasteiger partial charge is 0.383 e. The Labute approximate surface area is 118 Å². The monoisotopic (exact) mass is 282 g/mol. The number of methoxy groups -OCH3 is 1. The second-order valence-electron chi connectivity index (χ2n) is 4.52. The third-order valence-electron chi connectivity index (χ3n) is 3.32. The van der Waals surface area contributed by atoms with Crippen LogP contribution in [0.3, 0.4) is 0 Å². The van der Waals surface area contributed by atoms with Crippen molar-refractivity contribution in [3.8, 4) is 0 Å². The first-order valence-corrected chi connectivity index (χ1v) is 6.56. The molecule has 7 nitrogen and oxygen atoms in total. The fourth-order valence-corrected chi connectivity index (χ4v) is 2.06. The molecule has 1 unspecified atom stereocenters. The predicted octanol–water partition coefficient (Wildman–Crippen LogP) is 2.13. The topological polar surface area (TPSA) is 93.7 Å². The molecule has 0 aliphatic carbocycles. The number of hydrogen-bond acceptors (Lipinski definition) is 6. The molecule has 0 saturated heterocycles. The number of nitrogens with one attached hydrogen (secondary N) is 1. The van der Waals surface area contributed by atoms with Gasteiger partial charge in [-0.25, -0.2) is 0 Å². The third kappa shape index (κ3) is 3.58. The Morgan fingerprint density at radius 3 is 2.75 bits per heavy atom. The summed E-state index contributed by atoms with van der Waals surface area (Å²) in [7, 11) is 1.61. The molecule has 1 atom stereocenters. The molecule has 112 valence electrons. The van der Waals surface area contributed by atoms with Crippen molar-refractivity contribution in [1.29, 1.82) is 0 Å². The predicted molar refractivity (Wildman–Crippen MR) is 79.9 cm³/mol. The second-order valence-corrected chi connectivity index (χ2v) is 4.52. The molecule has 1 aromatic carbocycles. The van der Waals surface area contributed by atoms with Crippen molar-refractivity contribution in [3.63, 3.8) is 0 Å². The normalized spacial score (nSPS) is 12.0. The zero-order chi connectivity index (χ0) is 15.1. The van der Waals surface area contributed by atoms with E-state index in [2.05, 4.69) is 5.43 Å². The number of anilines is 2. The Kier molecular flexibility index (Phi) is 6.20. The van der Waals surface area contributed by atoms with Crippen LogP contribution in [0, 0.1) is 10.1 Å². The van der Waals surface area contributed by atoms with E-state index in [1.54, 1.807) is 25.3 Å². The number of rotatable bonds is 8. The maximum Gasteiger partial charge on any atom is 0.316 e. The molecular formula is C13H22N4O3. The highest BCUT2D eigenvalue weighted by Crippen LogP contribution is 2.36. The number of nitrogens with zero attached hydrogens (tertiary/aromatic N) is 2. The molecule has 0 fully saturated rings. The lowest BCUT2D eigenvalue weighted by molar-refractivity contribution is -0.383. The van der Waals surface area contributed by atoms with E-state index in [4.69, 9.17) is 10.6 Å². The van der Waals surface area contributed by atoms with E-state index in [1.807, 2.05) is 18.7 Å². The first-order chi connectivity index (χ1) is 9.56. The van der Waals surface area contributed by atoms with Crippen molar-refractivity contribution in [2.24, 2.45) is 5.84 Å². The lowest BCUT2D eigenvalue weighted by Gasteiger charge is -2.30. The van der Waals surface area contributed by atoms with Gasteiger partial charge in [0, 0.05) is 19.7 Å². The minimum Gasteiger partial charge on any atom is -0.383 e. The Hall–Kier alpha value is -1.86. The first kappa shape index (κ1) is 16.2. The van der Waals surface area contributed by atoms with Gasteiger partial charge in [-0.05, 0) is 25.5 Å². The average molecular weight is 282 g/mol. The van der Waals surface area contributed by atoms with Crippen LogP contribution >= 0.6 is 0 Å². The molecule has 0 aliphatic heterocycles. The molecule has 0 radical (unpaired) electrons. The highest BCUT2D eigenvalue weighted by atomic mass is 16.6. The van der Waals surface area contributed by atoms with Crippen LogP contribution in [-0.4, -0.2) is 31.2 Å². The maximum atomic E-state index is 11.3. The molecular weight excluding hydrogens is 260 g/mol. The van der Waals surface area contributed by atoms with Crippen molar-refractivity contribution in [2.75, 3.05) is 30.6 Å². The zero-order valence-electron chi connectivity index (χ0n) is 12.1. The summed E-state index contributed by atoms with van der Waals surface area (Å²) >= 11 is 0. The average Bonchev–Trinajstić information content (AvgIpc) is 2.46.